The summed E-state index contributed by atoms with van der Waals surface area (Å²) in [5, 5.41) is 26.5. The van der Waals surface area contributed by atoms with Crippen LogP contribution in [0.4, 0.5) is 0 Å². The van der Waals surface area contributed by atoms with Gasteiger partial charge >= 0.3 is 11.9 Å². The second kappa shape index (κ2) is 14.6. The third-order valence-corrected chi connectivity index (χ3v) is 6.27. The van der Waals surface area contributed by atoms with Crippen LogP contribution in [-0.2, 0) is 35.2 Å². The van der Waals surface area contributed by atoms with Crippen molar-refractivity contribution < 1.29 is 39.0 Å². The summed E-state index contributed by atoms with van der Waals surface area (Å²) < 4.78 is 0. The third kappa shape index (κ3) is 9.38. The molecule has 4 unspecified atom stereocenters. The molecule has 0 saturated carbocycles. The molecular formula is C26H36N6O8. The number of aliphatic carboxylic acids is 2. The number of aromatic nitrogens is 1. The fourth-order valence-corrected chi connectivity index (χ4v) is 4.04. The Labute approximate surface area is 230 Å². The van der Waals surface area contributed by atoms with Crippen LogP contribution in [0.1, 0.15) is 45.1 Å². The second-order valence-electron chi connectivity index (χ2n) is 9.80. The Hall–Kier alpha value is -4.46. The van der Waals surface area contributed by atoms with Crippen LogP contribution in [0.3, 0.4) is 0 Å². The number of aromatic amines is 1. The molecule has 10 N–H and O–H groups in total. The predicted octanol–water partition coefficient (Wildman–Crippen LogP) is -0.637. The number of benzene rings is 1. The average molecular weight is 561 g/mol. The summed E-state index contributed by atoms with van der Waals surface area (Å²) in [7, 11) is 0. The first-order chi connectivity index (χ1) is 18.8. The number of carboxylic acids is 2. The summed E-state index contributed by atoms with van der Waals surface area (Å²) >= 11 is 0. The summed E-state index contributed by atoms with van der Waals surface area (Å²) in [5.41, 5.74) is 13.0. The van der Waals surface area contributed by atoms with Gasteiger partial charge in [-0.25, -0.2) is 4.79 Å². The molecule has 2 rings (SSSR count). The Balaban J connectivity index is 2.17. The molecule has 1 heterocycles. The van der Waals surface area contributed by atoms with Crippen molar-refractivity contribution in [2.24, 2.45) is 17.4 Å². The number of H-pyrrole nitrogens is 1. The maximum atomic E-state index is 13.2. The fraction of sp³-hybridized carbons (Fsp3) is 0.462. The number of nitrogens with two attached hydrogens (primary N) is 2. The standard InChI is InChI=1S/C26H36N6O8/c1-13(2)22(26(39)40)32-25(38)19(8-10-21(34)35)31-24(37)18(7-9-20(28)33)30-23(36)16(27)11-14-12-29-17-6-4-3-5-15(14)17/h3-6,12-13,16,18-19,22,29H,7-11,27H2,1-2H3,(H2,28,33)(H,30,36)(H,31,37)(H,32,38)(H,34,35)(H,39,40). The highest BCUT2D eigenvalue weighted by molar-refractivity contribution is 5.95. The first-order valence-electron chi connectivity index (χ1n) is 12.7. The quantitative estimate of drug-likeness (QED) is 0.130. The largest absolute Gasteiger partial charge is 0.481 e. The van der Waals surface area contributed by atoms with Crippen molar-refractivity contribution in [1.29, 1.82) is 0 Å². The van der Waals surface area contributed by atoms with Crippen LogP contribution in [0.5, 0.6) is 0 Å². The second-order valence-corrected chi connectivity index (χ2v) is 9.80. The molecule has 2 aromatic rings. The first-order valence-corrected chi connectivity index (χ1v) is 12.7. The van der Waals surface area contributed by atoms with Crippen molar-refractivity contribution in [3.05, 3.63) is 36.0 Å². The monoisotopic (exact) mass is 560 g/mol. The Morgan fingerprint density at radius 1 is 0.875 bits per heavy atom. The van der Waals surface area contributed by atoms with Gasteiger partial charge in [-0.15, -0.1) is 0 Å². The summed E-state index contributed by atoms with van der Waals surface area (Å²) in [4.78, 5) is 76.1. The fourth-order valence-electron chi connectivity index (χ4n) is 4.04. The summed E-state index contributed by atoms with van der Waals surface area (Å²) in [6.45, 7) is 3.14. The van der Waals surface area contributed by atoms with Crippen LogP contribution in [0.25, 0.3) is 10.9 Å². The van der Waals surface area contributed by atoms with Gasteiger partial charge in [-0.2, -0.15) is 0 Å². The van der Waals surface area contributed by atoms with E-state index in [-0.39, 0.29) is 25.7 Å². The van der Waals surface area contributed by atoms with Gasteiger partial charge in [0.05, 0.1) is 6.04 Å². The minimum absolute atomic E-state index is 0.134. The summed E-state index contributed by atoms with van der Waals surface area (Å²) in [5.74, 6) is -6.29. The molecule has 0 saturated heterocycles. The Morgan fingerprint density at radius 2 is 1.45 bits per heavy atom. The zero-order chi connectivity index (χ0) is 30.0. The molecular weight excluding hydrogens is 524 g/mol. The van der Waals surface area contributed by atoms with Crippen molar-refractivity contribution in [3.63, 3.8) is 0 Å². The number of rotatable bonds is 16. The number of fused-ring (bicyclic) bond motifs is 1. The third-order valence-electron chi connectivity index (χ3n) is 6.27. The highest BCUT2D eigenvalue weighted by Crippen LogP contribution is 2.19. The zero-order valence-corrected chi connectivity index (χ0v) is 22.3. The SMILES string of the molecule is CC(C)C(NC(=O)C(CCC(=O)O)NC(=O)C(CCC(N)=O)NC(=O)C(N)Cc1c[nH]c2ccccc12)C(=O)O. The maximum Gasteiger partial charge on any atom is 0.326 e. The van der Waals surface area contributed by atoms with Gasteiger partial charge in [-0.1, -0.05) is 32.0 Å². The van der Waals surface area contributed by atoms with E-state index in [2.05, 4.69) is 20.9 Å². The molecule has 0 aliphatic heterocycles. The number of carbonyl (C=O) groups excluding carboxylic acids is 4. The molecule has 218 valence electrons. The smallest absolute Gasteiger partial charge is 0.326 e. The van der Waals surface area contributed by atoms with Gasteiger partial charge in [0, 0.05) is 29.9 Å². The number of primary amides is 1. The number of para-hydroxylation sites is 1. The minimum Gasteiger partial charge on any atom is -0.481 e. The lowest BCUT2D eigenvalue weighted by molar-refractivity contribution is -0.144. The molecule has 40 heavy (non-hydrogen) atoms. The van der Waals surface area contributed by atoms with Gasteiger partial charge < -0.3 is 42.6 Å². The molecule has 0 radical (unpaired) electrons. The molecule has 4 amide bonds. The molecule has 1 aromatic heterocycles. The molecule has 4 atom stereocenters. The van der Waals surface area contributed by atoms with Crippen molar-refractivity contribution in [2.75, 3.05) is 0 Å². The topological polar surface area (TPSA) is 247 Å². The van der Waals surface area contributed by atoms with E-state index in [0.29, 0.717) is 0 Å². The number of amides is 4. The zero-order valence-electron chi connectivity index (χ0n) is 22.3. The van der Waals surface area contributed by atoms with Crippen molar-refractivity contribution in [1.82, 2.24) is 20.9 Å². The molecule has 0 bridgehead atoms. The van der Waals surface area contributed by atoms with E-state index in [1.54, 1.807) is 20.0 Å². The van der Waals surface area contributed by atoms with E-state index in [9.17, 15) is 33.9 Å². The molecule has 0 aliphatic carbocycles. The van der Waals surface area contributed by atoms with E-state index < -0.39 is 72.1 Å². The minimum atomic E-state index is -1.43. The van der Waals surface area contributed by atoms with E-state index in [1.165, 1.54) is 0 Å². The Bertz CT molecular complexity index is 1240. The molecule has 1 aromatic carbocycles. The molecule has 14 heteroatoms. The van der Waals surface area contributed by atoms with Gasteiger partial charge in [0.15, 0.2) is 0 Å². The van der Waals surface area contributed by atoms with Crippen molar-refractivity contribution in [2.45, 2.75) is 70.1 Å². The molecule has 0 aliphatic rings. The molecule has 0 fully saturated rings. The van der Waals surface area contributed by atoms with Gasteiger partial charge in [0.2, 0.25) is 23.6 Å². The van der Waals surface area contributed by atoms with Crippen LogP contribution < -0.4 is 27.4 Å². The van der Waals surface area contributed by atoms with Gasteiger partial charge in [-0.05, 0) is 36.8 Å². The van der Waals surface area contributed by atoms with Crippen LogP contribution in [0, 0.1) is 5.92 Å². The van der Waals surface area contributed by atoms with Crippen LogP contribution in [-0.4, -0.2) is 74.9 Å². The predicted molar refractivity (Wildman–Crippen MR) is 144 cm³/mol. The average Bonchev–Trinajstić information content (AvgIpc) is 3.28. The van der Waals surface area contributed by atoms with E-state index in [0.717, 1.165) is 16.5 Å². The molecule has 0 spiro atoms. The molecule has 14 nitrogen and oxygen atoms in total. The number of hydrogen-bond donors (Lipinski definition) is 8. The highest BCUT2D eigenvalue weighted by atomic mass is 16.4. The van der Waals surface area contributed by atoms with E-state index in [1.807, 2.05) is 24.3 Å². The van der Waals surface area contributed by atoms with E-state index in [4.69, 9.17) is 16.6 Å². The summed E-state index contributed by atoms with van der Waals surface area (Å²) in [6, 6.07) is 2.29. The lowest BCUT2D eigenvalue weighted by Gasteiger charge is -2.25. The maximum absolute atomic E-state index is 13.2. The summed E-state index contributed by atoms with van der Waals surface area (Å²) in [6.07, 6.45) is 0.497. The van der Waals surface area contributed by atoms with E-state index >= 15 is 0 Å². The van der Waals surface area contributed by atoms with Gasteiger partial charge in [0.25, 0.3) is 0 Å². The number of nitrogens with one attached hydrogen (secondary N) is 4. The van der Waals surface area contributed by atoms with Crippen LogP contribution in [0.2, 0.25) is 0 Å². The highest BCUT2D eigenvalue weighted by Gasteiger charge is 2.32. The lowest BCUT2D eigenvalue weighted by Crippen LogP contribution is -2.57. The van der Waals surface area contributed by atoms with Crippen molar-refractivity contribution in [3.8, 4) is 0 Å². The normalized spacial score (nSPS) is 14.1. The van der Waals surface area contributed by atoms with Crippen molar-refractivity contribution >= 4 is 46.5 Å². The number of carboxylic acid groups (broad SMARTS) is 2. The van der Waals surface area contributed by atoms with Gasteiger partial charge in [0.1, 0.15) is 18.1 Å². The van der Waals surface area contributed by atoms with Crippen LogP contribution >= 0.6 is 0 Å². The van der Waals surface area contributed by atoms with Gasteiger partial charge in [-0.3, -0.25) is 24.0 Å². The Morgan fingerprint density at radius 3 is 2.02 bits per heavy atom. The first kappa shape index (κ1) is 31.8. The number of hydrogen-bond acceptors (Lipinski definition) is 7. The number of carbonyl (C=O) groups is 6. The lowest BCUT2D eigenvalue weighted by atomic mass is 10.0. The Kier molecular flexibility index (Phi) is 11.6. The van der Waals surface area contributed by atoms with Crippen LogP contribution in [0.15, 0.2) is 30.5 Å².